The van der Waals surface area contributed by atoms with Crippen LogP contribution < -0.4 is 10.1 Å². The fourth-order valence-corrected chi connectivity index (χ4v) is 3.62. The molecule has 180 valence electrons. The Kier molecular flexibility index (Phi) is 8.78. The predicted octanol–water partition coefficient (Wildman–Crippen LogP) is 6.05. The normalized spacial score (nSPS) is 16.7. The third-order valence-corrected chi connectivity index (χ3v) is 5.36. The lowest BCUT2D eigenvalue weighted by Crippen LogP contribution is -2.32. The number of hydrogen-bond acceptors (Lipinski definition) is 4. The maximum absolute atomic E-state index is 13.9. The average Bonchev–Trinajstić information content (AvgIpc) is 3.37. The summed E-state index contributed by atoms with van der Waals surface area (Å²) in [7, 11) is 1.52. The number of benzene rings is 2. The Morgan fingerprint density at radius 3 is 2.53 bits per heavy atom. The topological polar surface area (TPSA) is 42.8 Å². The molecule has 1 aliphatic rings. The highest BCUT2D eigenvalue weighted by Crippen LogP contribution is 2.34. The maximum atomic E-state index is 13.9. The summed E-state index contributed by atoms with van der Waals surface area (Å²) in [6.45, 7) is 5.22. The van der Waals surface area contributed by atoms with Gasteiger partial charge in [0.1, 0.15) is 5.75 Å². The Morgan fingerprint density at radius 2 is 1.94 bits per heavy atom. The van der Waals surface area contributed by atoms with Crippen LogP contribution in [0.2, 0.25) is 0 Å². The molecule has 7 heteroatoms. The van der Waals surface area contributed by atoms with Gasteiger partial charge in [-0.25, -0.2) is 4.99 Å². The first-order valence-corrected chi connectivity index (χ1v) is 11.3. The van der Waals surface area contributed by atoms with Crippen molar-refractivity contribution in [2.45, 2.75) is 45.3 Å². The van der Waals surface area contributed by atoms with Gasteiger partial charge < -0.3 is 14.8 Å². The Balaban J connectivity index is 1.91. The number of nitrogens with one attached hydrogen (secondary N) is 1. The number of rotatable bonds is 6. The molecule has 0 saturated carbocycles. The van der Waals surface area contributed by atoms with Gasteiger partial charge in [0.15, 0.2) is 0 Å². The summed E-state index contributed by atoms with van der Waals surface area (Å²) >= 11 is 0. The van der Waals surface area contributed by atoms with Crippen LogP contribution in [-0.2, 0) is 10.9 Å². The standard InChI is InChI=1S/C27H29F3N2O2/c1-4-17-34-22-14-9-19(10-15-22)8-11-20-12-13-21(18-23(20)27(28,29)30)24(5-2)32-26(33-3)25-7-6-16-31-25/h5,9-10,12-15,18,25,31H,4,6-7,16-17H2,1-3H3/b24-5-,32-26?. The van der Waals surface area contributed by atoms with Crippen LogP contribution in [0.25, 0.3) is 5.70 Å². The van der Waals surface area contributed by atoms with Gasteiger partial charge in [-0.05, 0) is 69.1 Å². The molecule has 1 N–H and O–H groups in total. The number of methoxy groups -OCH3 is 1. The highest BCUT2D eigenvalue weighted by molar-refractivity contribution is 5.88. The molecule has 1 atom stereocenters. The fraction of sp³-hybridized carbons (Fsp3) is 0.370. The summed E-state index contributed by atoms with van der Waals surface area (Å²) in [4.78, 5) is 4.52. The molecule has 0 aromatic heterocycles. The van der Waals surface area contributed by atoms with Gasteiger partial charge in [0.2, 0.25) is 5.90 Å². The molecular weight excluding hydrogens is 441 g/mol. The van der Waals surface area contributed by atoms with E-state index in [4.69, 9.17) is 9.47 Å². The van der Waals surface area contributed by atoms with E-state index in [1.165, 1.54) is 13.2 Å². The second-order valence-electron chi connectivity index (χ2n) is 7.86. The van der Waals surface area contributed by atoms with Crippen molar-refractivity contribution in [2.75, 3.05) is 20.3 Å². The molecule has 1 saturated heterocycles. The molecule has 1 heterocycles. The molecular formula is C27H29F3N2O2. The van der Waals surface area contributed by atoms with Crippen LogP contribution in [0, 0.1) is 11.8 Å². The van der Waals surface area contributed by atoms with E-state index in [0.29, 0.717) is 35.1 Å². The van der Waals surface area contributed by atoms with Crippen molar-refractivity contribution in [1.82, 2.24) is 5.32 Å². The van der Waals surface area contributed by atoms with E-state index in [-0.39, 0.29) is 11.6 Å². The maximum Gasteiger partial charge on any atom is 0.417 e. The van der Waals surface area contributed by atoms with Gasteiger partial charge in [-0.2, -0.15) is 13.2 Å². The van der Waals surface area contributed by atoms with Crippen molar-refractivity contribution in [3.05, 3.63) is 70.8 Å². The first kappa shape index (κ1) is 25.4. The SMILES string of the molecule is C/C=C(\N=C(OC)C1CCCN1)c1ccc(C#Cc2ccc(OCCC)cc2)c(C(F)(F)F)c1. The fourth-order valence-electron chi connectivity index (χ4n) is 3.62. The third kappa shape index (κ3) is 6.64. The number of alkyl halides is 3. The summed E-state index contributed by atoms with van der Waals surface area (Å²) in [5, 5.41) is 3.29. The van der Waals surface area contributed by atoms with Crippen LogP contribution in [0.4, 0.5) is 13.2 Å². The second kappa shape index (κ2) is 11.8. The van der Waals surface area contributed by atoms with E-state index < -0.39 is 11.7 Å². The van der Waals surface area contributed by atoms with Gasteiger partial charge in [-0.3, -0.25) is 0 Å². The van der Waals surface area contributed by atoms with Crippen molar-refractivity contribution in [3.8, 4) is 17.6 Å². The number of aliphatic imine (C=N–C) groups is 1. The van der Waals surface area contributed by atoms with Gasteiger partial charge >= 0.3 is 6.18 Å². The Hall–Kier alpha value is -3.24. The minimum Gasteiger partial charge on any atom is -0.494 e. The molecule has 0 aliphatic carbocycles. The molecule has 0 bridgehead atoms. The molecule has 3 rings (SSSR count). The zero-order valence-electron chi connectivity index (χ0n) is 19.6. The molecule has 2 aromatic rings. The average molecular weight is 471 g/mol. The van der Waals surface area contributed by atoms with E-state index in [2.05, 4.69) is 22.2 Å². The summed E-state index contributed by atoms with van der Waals surface area (Å²) in [6, 6.07) is 11.0. The highest BCUT2D eigenvalue weighted by atomic mass is 19.4. The van der Waals surface area contributed by atoms with Crippen molar-refractivity contribution < 1.29 is 22.6 Å². The number of hydrogen-bond donors (Lipinski definition) is 1. The number of allylic oxidation sites excluding steroid dienone is 1. The Bertz CT molecular complexity index is 1090. The molecule has 4 nitrogen and oxygen atoms in total. The van der Waals surface area contributed by atoms with Crippen LogP contribution in [0.1, 0.15) is 55.4 Å². The summed E-state index contributed by atoms with van der Waals surface area (Å²) in [5.74, 6) is 6.67. The summed E-state index contributed by atoms with van der Waals surface area (Å²) in [6.07, 6.45) is -0.118. The third-order valence-electron chi connectivity index (χ3n) is 5.36. The lowest BCUT2D eigenvalue weighted by atomic mass is 10.0. The Morgan fingerprint density at radius 1 is 1.18 bits per heavy atom. The van der Waals surface area contributed by atoms with Gasteiger partial charge in [0.25, 0.3) is 0 Å². The monoisotopic (exact) mass is 470 g/mol. The molecule has 1 unspecified atom stereocenters. The molecule has 34 heavy (non-hydrogen) atoms. The van der Waals surface area contributed by atoms with Crippen molar-refractivity contribution in [3.63, 3.8) is 0 Å². The number of nitrogens with zero attached hydrogens (tertiary/aromatic N) is 1. The van der Waals surface area contributed by atoms with Gasteiger partial charge in [0.05, 0.1) is 31.0 Å². The van der Waals surface area contributed by atoms with E-state index in [1.807, 2.05) is 6.92 Å². The van der Waals surface area contributed by atoms with Crippen LogP contribution in [0.3, 0.4) is 0 Å². The lowest BCUT2D eigenvalue weighted by molar-refractivity contribution is -0.137. The van der Waals surface area contributed by atoms with Crippen LogP contribution in [-0.4, -0.2) is 32.2 Å². The highest BCUT2D eigenvalue weighted by Gasteiger charge is 2.33. The summed E-state index contributed by atoms with van der Waals surface area (Å²) < 4.78 is 52.6. The molecule has 1 aliphatic heterocycles. The largest absolute Gasteiger partial charge is 0.494 e. The quantitative estimate of drug-likeness (QED) is 0.317. The van der Waals surface area contributed by atoms with E-state index in [9.17, 15) is 13.2 Å². The summed E-state index contributed by atoms with van der Waals surface area (Å²) in [5.41, 5.74) is 0.483. The number of halogens is 3. The lowest BCUT2D eigenvalue weighted by Gasteiger charge is -2.15. The molecule has 0 amide bonds. The van der Waals surface area contributed by atoms with E-state index in [1.54, 1.807) is 43.3 Å². The predicted molar refractivity (Wildman–Crippen MR) is 129 cm³/mol. The zero-order valence-corrected chi connectivity index (χ0v) is 19.6. The first-order chi connectivity index (χ1) is 16.4. The van der Waals surface area contributed by atoms with Crippen molar-refractivity contribution in [2.24, 2.45) is 4.99 Å². The molecule has 0 radical (unpaired) electrons. The van der Waals surface area contributed by atoms with Crippen LogP contribution in [0.5, 0.6) is 5.75 Å². The van der Waals surface area contributed by atoms with E-state index >= 15 is 0 Å². The zero-order chi connectivity index (χ0) is 24.6. The Labute approximate surface area is 198 Å². The van der Waals surface area contributed by atoms with Crippen LogP contribution >= 0.6 is 0 Å². The molecule has 1 fully saturated rings. The van der Waals surface area contributed by atoms with Gasteiger partial charge in [-0.15, -0.1) is 0 Å². The first-order valence-electron chi connectivity index (χ1n) is 11.3. The van der Waals surface area contributed by atoms with Gasteiger partial charge in [0, 0.05) is 16.7 Å². The van der Waals surface area contributed by atoms with E-state index in [0.717, 1.165) is 31.9 Å². The molecule has 0 spiro atoms. The van der Waals surface area contributed by atoms with Crippen molar-refractivity contribution >= 4 is 11.6 Å². The second-order valence-corrected chi connectivity index (χ2v) is 7.86. The minimum absolute atomic E-state index is 0.0362. The number of ether oxygens (including phenoxy) is 2. The minimum atomic E-state index is -4.56. The van der Waals surface area contributed by atoms with Crippen molar-refractivity contribution in [1.29, 1.82) is 0 Å². The van der Waals surface area contributed by atoms with Crippen LogP contribution in [0.15, 0.2) is 53.5 Å². The molecule has 2 aromatic carbocycles. The van der Waals surface area contributed by atoms with Gasteiger partial charge in [-0.1, -0.05) is 30.9 Å². The smallest absolute Gasteiger partial charge is 0.417 e.